The van der Waals surface area contributed by atoms with Crippen molar-refractivity contribution in [2.75, 3.05) is 19.7 Å². The largest absolute Gasteiger partial charge is 0.490 e. The Bertz CT molecular complexity index is 570. The number of rotatable bonds is 6. The summed E-state index contributed by atoms with van der Waals surface area (Å²) in [6.45, 7) is 3.43. The summed E-state index contributed by atoms with van der Waals surface area (Å²) in [5, 5.41) is 0. The lowest BCUT2D eigenvalue weighted by molar-refractivity contribution is -0.157. The molecule has 0 unspecified atom stereocenters. The molecule has 0 N–H and O–H groups in total. The third-order valence-electron chi connectivity index (χ3n) is 4.54. The lowest BCUT2D eigenvalue weighted by Crippen LogP contribution is -2.44. The lowest BCUT2D eigenvalue weighted by atomic mass is 9.98. The maximum atomic E-state index is 12.4. The second-order valence-electron chi connectivity index (χ2n) is 6.77. The molecule has 1 aliphatic carbocycles. The van der Waals surface area contributed by atoms with E-state index in [4.69, 9.17) is 9.47 Å². The normalized spacial score (nSPS) is 21.9. The van der Waals surface area contributed by atoms with Gasteiger partial charge in [0.25, 0.3) is 0 Å². The van der Waals surface area contributed by atoms with E-state index in [1.165, 1.54) is 0 Å². The van der Waals surface area contributed by atoms with Crippen LogP contribution in [0.15, 0.2) is 30.3 Å². The zero-order chi connectivity index (χ0) is 16.9. The standard InChI is InChI=1S/C19H25NO4/c1-14(13-23-17-7-3-2-4-8-17)24-19(22)16-6-5-11-20(12-16)18(21)15-9-10-15/h2-4,7-8,14-16H,5-6,9-13H2,1H3/t14-,16-/m1/s1. The molecule has 1 aliphatic heterocycles. The number of benzene rings is 1. The fourth-order valence-corrected chi connectivity index (χ4v) is 3.02. The van der Waals surface area contributed by atoms with E-state index in [-0.39, 0.29) is 29.8 Å². The monoisotopic (exact) mass is 331 g/mol. The van der Waals surface area contributed by atoms with Crippen LogP contribution in [0.1, 0.15) is 32.6 Å². The topological polar surface area (TPSA) is 55.8 Å². The molecule has 5 heteroatoms. The van der Waals surface area contributed by atoms with Crippen molar-refractivity contribution in [3.8, 4) is 5.75 Å². The molecule has 1 saturated carbocycles. The molecule has 1 amide bonds. The first-order valence-electron chi connectivity index (χ1n) is 8.80. The van der Waals surface area contributed by atoms with Gasteiger partial charge in [-0.2, -0.15) is 0 Å². The molecule has 1 aromatic carbocycles. The SMILES string of the molecule is C[C@H](COc1ccccc1)OC(=O)[C@@H]1CCCN(C(=O)C2CC2)C1. The second-order valence-corrected chi connectivity index (χ2v) is 6.77. The molecule has 5 nitrogen and oxygen atoms in total. The Labute approximate surface area is 142 Å². The smallest absolute Gasteiger partial charge is 0.311 e. The molecule has 0 bridgehead atoms. The fourth-order valence-electron chi connectivity index (χ4n) is 3.02. The number of piperidine rings is 1. The summed E-state index contributed by atoms with van der Waals surface area (Å²) in [5.74, 6) is 0.762. The zero-order valence-electron chi connectivity index (χ0n) is 14.1. The van der Waals surface area contributed by atoms with Crippen molar-refractivity contribution >= 4 is 11.9 Å². The Morgan fingerprint density at radius 3 is 2.62 bits per heavy atom. The summed E-state index contributed by atoms with van der Waals surface area (Å²) in [5.41, 5.74) is 0. The molecule has 24 heavy (non-hydrogen) atoms. The first kappa shape index (κ1) is 16.8. The average Bonchev–Trinajstić information content (AvgIpc) is 3.45. The van der Waals surface area contributed by atoms with Gasteiger partial charge in [-0.25, -0.2) is 0 Å². The summed E-state index contributed by atoms with van der Waals surface area (Å²) >= 11 is 0. The van der Waals surface area contributed by atoms with Crippen LogP contribution in [0.3, 0.4) is 0 Å². The number of hydrogen-bond donors (Lipinski definition) is 0. The molecule has 0 spiro atoms. The van der Waals surface area contributed by atoms with Crippen molar-refractivity contribution in [1.29, 1.82) is 0 Å². The van der Waals surface area contributed by atoms with Crippen LogP contribution in [0.25, 0.3) is 0 Å². The first-order valence-corrected chi connectivity index (χ1v) is 8.80. The highest BCUT2D eigenvalue weighted by Gasteiger charge is 2.37. The van der Waals surface area contributed by atoms with E-state index >= 15 is 0 Å². The molecular formula is C19H25NO4. The van der Waals surface area contributed by atoms with Gasteiger partial charge in [0, 0.05) is 19.0 Å². The number of carbonyl (C=O) groups excluding carboxylic acids is 2. The van der Waals surface area contributed by atoms with Gasteiger partial charge in [-0.3, -0.25) is 9.59 Å². The number of likely N-dealkylation sites (tertiary alicyclic amines) is 1. The summed E-state index contributed by atoms with van der Waals surface area (Å²) in [6.07, 6.45) is 3.34. The second kappa shape index (κ2) is 7.69. The number of ether oxygens (including phenoxy) is 2. The van der Waals surface area contributed by atoms with Gasteiger partial charge in [0.2, 0.25) is 5.91 Å². The first-order chi connectivity index (χ1) is 11.6. The van der Waals surface area contributed by atoms with Gasteiger partial charge < -0.3 is 14.4 Å². The number of nitrogens with zero attached hydrogens (tertiary/aromatic N) is 1. The van der Waals surface area contributed by atoms with Crippen LogP contribution in [-0.4, -0.2) is 42.6 Å². The number of esters is 1. The van der Waals surface area contributed by atoms with Gasteiger partial charge in [-0.15, -0.1) is 0 Å². The Kier molecular flexibility index (Phi) is 5.38. The minimum Gasteiger partial charge on any atom is -0.490 e. The van der Waals surface area contributed by atoms with Crippen molar-refractivity contribution in [3.05, 3.63) is 30.3 Å². The molecule has 130 valence electrons. The Hall–Kier alpha value is -2.04. The van der Waals surface area contributed by atoms with Crippen LogP contribution in [-0.2, 0) is 14.3 Å². The van der Waals surface area contributed by atoms with Crippen LogP contribution in [0.5, 0.6) is 5.75 Å². The summed E-state index contributed by atoms with van der Waals surface area (Å²) in [6, 6.07) is 9.47. The van der Waals surface area contributed by atoms with E-state index in [0.29, 0.717) is 13.2 Å². The molecule has 0 aromatic heterocycles. The molecule has 1 heterocycles. The zero-order valence-corrected chi connectivity index (χ0v) is 14.1. The number of hydrogen-bond acceptors (Lipinski definition) is 4. The molecule has 1 aromatic rings. The maximum absolute atomic E-state index is 12.4. The molecule has 1 saturated heterocycles. The van der Waals surface area contributed by atoms with Crippen LogP contribution < -0.4 is 4.74 Å². The van der Waals surface area contributed by atoms with Crippen molar-refractivity contribution in [2.45, 2.75) is 38.7 Å². The van der Waals surface area contributed by atoms with Crippen LogP contribution >= 0.6 is 0 Å². The van der Waals surface area contributed by atoms with Crippen molar-refractivity contribution in [3.63, 3.8) is 0 Å². The highest BCUT2D eigenvalue weighted by molar-refractivity contribution is 5.82. The third kappa shape index (κ3) is 4.49. The molecule has 2 aliphatic rings. The van der Waals surface area contributed by atoms with E-state index in [1.807, 2.05) is 42.2 Å². The summed E-state index contributed by atoms with van der Waals surface area (Å²) in [4.78, 5) is 26.4. The van der Waals surface area contributed by atoms with E-state index in [9.17, 15) is 9.59 Å². The highest BCUT2D eigenvalue weighted by Crippen LogP contribution is 2.32. The van der Waals surface area contributed by atoms with Gasteiger partial charge in [0.1, 0.15) is 18.5 Å². The van der Waals surface area contributed by atoms with Gasteiger partial charge in [-0.1, -0.05) is 18.2 Å². The minimum absolute atomic E-state index is 0.206. The lowest BCUT2D eigenvalue weighted by Gasteiger charge is -2.32. The van der Waals surface area contributed by atoms with Crippen molar-refractivity contribution in [1.82, 2.24) is 4.90 Å². The van der Waals surface area contributed by atoms with E-state index < -0.39 is 0 Å². The average molecular weight is 331 g/mol. The van der Waals surface area contributed by atoms with Crippen LogP contribution in [0.4, 0.5) is 0 Å². The Balaban J connectivity index is 1.44. The van der Waals surface area contributed by atoms with Gasteiger partial charge in [0.05, 0.1) is 5.92 Å². The predicted octanol–water partition coefficient (Wildman–Crippen LogP) is 2.65. The fraction of sp³-hybridized carbons (Fsp3) is 0.579. The third-order valence-corrected chi connectivity index (χ3v) is 4.54. The summed E-state index contributed by atoms with van der Waals surface area (Å²) in [7, 11) is 0. The van der Waals surface area contributed by atoms with Crippen molar-refractivity contribution in [2.24, 2.45) is 11.8 Å². The van der Waals surface area contributed by atoms with E-state index in [1.54, 1.807) is 0 Å². The Morgan fingerprint density at radius 2 is 1.92 bits per heavy atom. The van der Waals surface area contributed by atoms with Gasteiger partial charge in [-0.05, 0) is 44.7 Å². The van der Waals surface area contributed by atoms with Crippen LogP contribution in [0.2, 0.25) is 0 Å². The maximum Gasteiger partial charge on any atom is 0.311 e. The molecule has 2 atom stereocenters. The minimum atomic E-state index is -0.313. The van der Waals surface area contributed by atoms with Crippen molar-refractivity contribution < 1.29 is 19.1 Å². The molecule has 0 radical (unpaired) electrons. The highest BCUT2D eigenvalue weighted by atomic mass is 16.6. The van der Waals surface area contributed by atoms with Gasteiger partial charge >= 0.3 is 5.97 Å². The molecule has 2 fully saturated rings. The number of para-hydroxylation sites is 1. The molecule has 3 rings (SSSR count). The number of carbonyl (C=O) groups is 2. The van der Waals surface area contributed by atoms with E-state index in [0.717, 1.165) is 38.0 Å². The number of amides is 1. The Morgan fingerprint density at radius 1 is 1.17 bits per heavy atom. The predicted molar refractivity (Wildman–Crippen MR) is 89.5 cm³/mol. The van der Waals surface area contributed by atoms with E-state index in [2.05, 4.69) is 0 Å². The quantitative estimate of drug-likeness (QED) is 0.752. The van der Waals surface area contributed by atoms with Gasteiger partial charge in [0.15, 0.2) is 0 Å². The molecular weight excluding hydrogens is 306 g/mol. The van der Waals surface area contributed by atoms with Crippen LogP contribution in [0, 0.1) is 11.8 Å². The summed E-state index contributed by atoms with van der Waals surface area (Å²) < 4.78 is 11.1.